The Hall–Kier alpha value is -2.16. The molecule has 29 heavy (non-hydrogen) atoms. The maximum atomic E-state index is 13.9. The Morgan fingerprint density at radius 3 is 2.59 bits per heavy atom. The number of carbonyl (C=O) groups excluding carboxylic acids is 1. The fourth-order valence-electron chi connectivity index (χ4n) is 3.16. The normalized spacial score (nSPS) is 15.1. The standard InChI is InChI=1S/C20H23ClFN3O3S/c1-14-8-9-15(29(27,28)25-10-3-2-4-11-25)12-18(14)24-19(26)13-23-17-7-5-6-16(21)20(17)22/h5-9,12,23H,2-4,10-11,13H2,1H3,(H,24,26). The molecule has 9 heteroatoms. The number of rotatable bonds is 6. The van der Waals surface area contributed by atoms with E-state index in [9.17, 15) is 17.6 Å². The number of halogens is 2. The second kappa shape index (κ2) is 9.11. The highest BCUT2D eigenvalue weighted by Gasteiger charge is 2.26. The lowest BCUT2D eigenvalue weighted by molar-refractivity contribution is -0.114. The number of benzene rings is 2. The number of nitrogens with one attached hydrogen (secondary N) is 2. The lowest BCUT2D eigenvalue weighted by Gasteiger charge is -2.26. The molecule has 1 aliphatic heterocycles. The van der Waals surface area contributed by atoms with Gasteiger partial charge in [0.2, 0.25) is 15.9 Å². The first-order chi connectivity index (χ1) is 13.8. The predicted molar refractivity (Wildman–Crippen MR) is 112 cm³/mol. The summed E-state index contributed by atoms with van der Waals surface area (Å²) in [5.74, 6) is -1.06. The molecule has 0 unspecified atom stereocenters. The molecule has 156 valence electrons. The average molecular weight is 440 g/mol. The van der Waals surface area contributed by atoms with Gasteiger partial charge in [-0.1, -0.05) is 30.2 Å². The monoisotopic (exact) mass is 439 g/mol. The van der Waals surface area contributed by atoms with Crippen molar-refractivity contribution in [2.24, 2.45) is 0 Å². The zero-order chi connectivity index (χ0) is 21.0. The quantitative estimate of drug-likeness (QED) is 0.712. The van der Waals surface area contributed by atoms with Crippen LogP contribution in [0.5, 0.6) is 0 Å². The summed E-state index contributed by atoms with van der Waals surface area (Å²) in [6, 6.07) is 9.15. The van der Waals surface area contributed by atoms with E-state index in [-0.39, 0.29) is 22.2 Å². The Bertz CT molecular complexity index is 1010. The first-order valence-corrected chi connectivity index (χ1v) is 11.2. The molecular formula is C20H23ClFN3O3S. The van der Waals surface area contributed by atoms with Crippen LogP contribution in [-0.2, 0) is 14.8 Å². The van der Waals surface area contributed by atoms with Crippen molar-refractivity contribution in [1.82, 2.24) is 4.31 Å². The molecule has 0 spiro atoms. The summed E-state index contributed by atoms with van der Waals surface area (Å²) in [6.45, 7) is 2.59. The van der Waals surface area contributed by atoms with E-state index >= 15 is 0 Å². The number of amides is 1. The van der Waals surface area contributed by atoms with Gasteiger partial charge in [-0.3, -0.25) is 4.79 Å². The molecular weight excluding hydrogens is 417 g/mol. The van der Waals surface area contributed by atoms with Crippen molar-refractivity contribution in [2.45, 2.75) is 31.1 Å². The summed E-state index contributed by atoms with van der Waals surface area (Å²) in [4.78, 5) is 12.5. The van der Waals surface area contributed by atoms with Crippen LogP contribution in [0.2, 0.25) is 5.02 Å². The van der Waals surface area contributed by atoms with Crippen LogP contribution >= 0.6 is 11.6 Å². The Labute approximate surface area is 175 Å². The summed E-state index contributed by atoms with van der Waals surface area (Å²) in [7, 11) is -3.60. The third kappa shape index (κ3) is 5.07. The predicted octanol–water partition coefficient (Wildman–Crippen LogP) is 4.01. The number of anilines is 2. The molecule has 1 heterocycles. The van der Waals surface area contributed by atoms with Crippen molar-refractivity contribution < 1.29 is 17.6 Å². The van der Waals surface area contributed by atoms with E-state index in [0.29, 0.717) is 18.8 Å². The van der Waals surface area contributed by atoms with Crippen LogP contribution in [0, 0.1) is 12.7 Å². The van der Waals surface area contributed by atoms with Gasteiger partial charge in [0.15, 0.2) is 5.82 Å². The molecule has 1 saturated heterocycles. The molecule has 0 radical (unpaired) electrons. The molecule has 1 fully saturated rings. The summed E-state index contributed by atoms with van der Waals surface area (Å²) in [6.07, 6.45) is 2.72. The van der Waals surface area contributed by atoms with Gasteiger partial charge >= 0.3 is 0 Å². The highest BCUT2D eigenvalue weighted by atomic mass is 35.5. The lowest BCUT2D eigenvalue weighted by Crippen LogP contribution is -2.35. The van der Waals surface area contributed by atoms with Crippen molar-refractivity contribution >= 4 is 38.9 Å². The van der Waals surface area contributed by atoms with Crippen LogP contribution in [0.4, 0.5) is 15.8 Å². The van der Waals surface area contributed by atoms with Crippen LogP contribution in [0.15, 0.2) is 41.3 Å². The van der Waals surface area contributed by atoms with Crippen molar-refractivity contribution in [2.75, 3.05) is 30.3 Å². The second-order valence-electron chi connectivity index (χ2n) is 6.94. The van der Waals surface area contributed by atoms with Gasteiger partial charge in [0.05, 0.1) is 22.2 Å². The smallest absolute Gasteiger partial charge is 0.243 e. The number of hydrogen-bond donors (Lipinski definition) is 2. The van der Waals surface area contributed by atoms with Crippen molar-refractivity contribution in [3.63, 3.8) is 0 Å². The Kier molecular flexibility index (Phi) is 6.77. The fraction of sp³-hybridized carbons (Fsp3) is 0.350. The van der Waals surface area contributed by atoms with Crippen molar-refractivity contribution in [3.05, 3.63) is 52.8 Å². The average Bonchev–Trinajstić information content (AvgIpc) is 2.71. The van der Waals surface area contributed by atoms with Gasteiger partial charge in [-0.15, -0.1) is 0 Å². The van der Waals surface area contributed by atoms with Crippen LogP contribution in [0.3, 0.4) is 0 Å². The largest absolute Gasteiger partial charge is 0.374 e. The zero-order valence-corrected chi connectivity index (χ0v) is 17.6. The van der Waals surface area contributed by atoms with Crippen LogP contribution in [-0.4, -0.2) is 38.3 Å². The summed E-state index contributed by atoms with van der Waals surface area (Å²) < 4.78 is 41.1. The number of piperidine rings is 1. The summed E-state index contributed by atoms with van der Waals surface area (Å²) in [5.41, 5.74) is 1.25. The molecule has 6 nitrogen and oxygen atoms in total. The molecule has 1 amide bonds. The van der Waals surface area contributed by atoms with Gasteiger partial charge < -0.3 is 10.6 Å². The number of sulfonamides is 1. The minimum Gasteiger partial charge on any atom is -0.374 e. The molecule has 2 aromatic rings. The summed E-state index contributed by atoms with van der Waals surface area (Å²) >= 11 is 5.73. The Morgan fingerprint density at radius 1 is 1.14 bits per heavy atom. The minimum absolute atomic E-state index is 0.0399. The molecule has 2 N–H and O–H groups in total. The minimum atomic E-state index is -3.60. The lowest BCUT2D eigenvalue weighted by atomic mass is 10.2. The molecule has 0 saturated carbocycles. The molecule has 3 rings (SSSR count). The van der Waals surface area contributed by atoms with E-state index in [0.717, 1.165) is 24.8 Å². The SMILES string of the molecule is Cc1ccc(S(=O)(=O)N2CCCCC2)cc1NC(=O)CNc1cccc(Cl)c1F. The van der Waals surface area contributed by atoms with Gasteiger partial charge in [-0.25, -0.2) is 12.8 Å². The van der Waals surface area contributed by atoms with E-state index in [1.165, 1.54) is 22.5 Å². The van der Waals surface area contributed by atoms with Gasteiger partial charge in [-0.05, 0) is 49.6 Å². The van der Waals surface area contributed by atoms with E-state index in [4.69, 9.17) is 11.6 Å². The molecule has 0 atom stereocenters. The van der Waals surface area contributed by atoms with E-state index < -0.39 is 21.7 Å². The summed E-state index contributed by atoms with van der Waals surface area (Å²) in [5, 5.41) is 5.34. The van der Waals surface area contributed by atoms with E-state index in [2.05, 4.69) is 10.6 Å². The van der Waals surface area contributed by atoms with E-state index in [1.54, 1.807) is 25.1 Å². The van der Waals surface area contributed by atoms with E-state index in [1.807, 2.05) is 0 Å². The number of carbonyl (C=O) groups is 1. The Morgan fingerprint density at radius 2 is 1.86 bits per heavy atom. The zero-order valence-electron chi connectivity index (χ0n) is 16.0. The molecule has 0 aromatic heterocycles. The second-order valence-corrected chi connectivity index (χ2v) is 9.29. The molecule has 2 aromatic carbocycles. The highest BCUT2D eigenvalue weighted by molar-refractivity contribution is 7.89. The fourth-order valence-corrected chi connectivity index (χ4v) is 4.88. The third-order valence-electron chi connectivity index (χ3n) is 4.83. The first kappa shape index (κ1) is 21.5. The van der Waals surface area contributed by atoms with Crippen molar-refractivity contribution in [3.8, 4) is 0 Å². The maximum Gasteiger partial charge on any atom is 0.243 e. The van der Waals surface area contributed by atoms with Gasteiger partial charge in [0.1, 0.15) is 0 Å². The molecule has 0 aliphatic carbocycles. The number of aryl methyl sites for hydroxylation is 1. The highest BCUT2D eigenvalue weighted by Crippen LogP contribution is 2.25. The van der Waals surface area contributed by atoms with Crippen LogP contribution in [0.1, 0.15) is 24.8 Å². The topological polar surface area (TPSA) is 78.5 Å². The third-order valence-corrected chi connectivity index (χ3v) is 7.01. The number of hydrogen-bond acceptors (Lipinski definition) is 4. The Balaban J connectivity index is 1.71. The maximum absolute atomic E-state index is 13.9. The van der Waals surface area contributed by atoms with Gasteiger partial charge in [0, 0.05) is 18.8 Å². The van der Waals surface area contributed by atoms with Crippen LogP contribution in [0.25, 0.3) is 0 Å². The van der Waals surface area contributed by atoms with Gasteiger partial charge in [-0.2, -0.15) is 4.31 Å². The molecule has 0 bridgehead atoms. The molecule has 1 aliphatic rings. The van der Waals surface area contributed by atoms with Crippen LogP contribution < -0.4 is 10.6 Å². The number of nitrogens with zero attached hydrogens (tertiary/aromatic N) is 1. The first-order valence-electron chi connectivity index (χ1n) is 9.37. The van der Waals surface area contributed by atoms with Crippen molar-refractivity contribution in [1.29, 1.82) is 0 Å². The van der Waals surface area contributed by atoms with Gasteiger partial charge in [0.25, 0.3) is 0 Å².